The lowest BCUT2D eigenvalue weighted by molar-refractivity contribution is -0.111. The summed E-state index contributed by atoms with van der Waals surface area (Å²) < 4.78 is 5.00. The number of hydrogen-bond donors (Lipinski definition) is 2. The number of methoxy groups -OCH3 is 1. The van der Waals surface area contributed by atoms with E-state index in [4.69, 9.17) is 10.5 Å². The third kappa shape index (κ3) is 3.02. The summed E-state index contributed by atoms with van der Waals surface area (Å²) in [6.45, 7) is 1.78. The van der Waals surface area contributed by atoms with Crippen LogP contribution < -0.4 is 15.8 Å². The van der Waals surface area contributed by atoms with Gasteiger partial charge in [-0.15, -0.1) is 0 Å². The second-order valence-electron chi connectivity index (χ2n) is 2.95. The van der Waals surface area contributed by atoms with Crippen LogP contribution in [0.2, 0.25) is 0 Å². The molecular formula is C11H14N2O2. The molecule has 0 aliphatic rings. The fourth-order valence-electron chi connectivity index (χ4n) is 1.15. The van der Waals surface area contributed by atoms with Gasteiger partial charge in [0.1, 0.15) is 5.75 Å². The van der Waals surface area contributed by atoms with Gasteiger partial charge in [0.2, 0.25) is 5.91 Å². The lowest BCUT2D eigenvalue weighted by Gasteiger charge is -2.07. The molecule has 0 saturated carbocycles. The number of carbonyl (C=O) groups is 1. The van der Waals surface area contributed by atoms with Crippen LogP contribution in [0, 0.1) is 0 Å². The molecule has 0 atom stereocenters. The highest BCUT2D eigenvalue weighted by Gasteiger charge is 2.02. The molecule has 0 heterocycles. The number of amides is 1. The molecule has 0 aliphatic carbocycles. The maximum atomic E-state index is 11.2. The lowest BCUT2D eigenvalue weighted by Crippen LogP contribution is -2.08. The number of anilines is 2. The molecule has 0 saturated heterocycles. The van der Waals surface area contributed by atoms with Crippen LogP contribution in [-0.2, 0) is 4.79 Å². The molecule has 80 valence electrons. The largest absolute Gasteiger partial charge is 0.495 e. The molecule has 0 aliphatic heterocycles. The molecule has 1 aromatic rings. The number of ether oxygens (including phenoxy) is 1. The lowest BCUT2D eigenvalue weighted by atomic mass is 10.2. The molecule has 1 aromatic carbocycles. The Balaban J connectivity index is 2.79. The van der Waals surface area contributed by atoms with Crippen molar-refractivity contribution in [3.63, 3.8) is 0 Å². The predicted octanol–water partition coefficient (Wildman–Crippen LogP) is 1.79. The van der Waals surface area contributed by atoms with Crippen LogP contribution in [0.25, 0.3) is 0 Å². The highest BCUT2D eigenvalue weighted by atomic mass is 16.5. The minimum atomic E-state index is -0.179. The van der Waals surface area contributed by atoms with Gasteiger partial charge in [-0.3, -0.25) is 4.79 Å². The molecule has 0 spiro atoms. The summed E-state index contributed by atoms with van der Waals surface area (Å²) >= 11 is 0. The number of carbonyl (C=O) groups excluding carboxylic acids is 1. The number of nitrogens with one attached hydrogen (secondary N) is 1. The van der Waals surface area contributed by atoms with Crippen molar-refractivity contribution in [2.45, 2.75) is 6.92 Å². The van der Waals surface area contributed by atoms with Crippen LogP contribution in [-0.4, -0.2) is 13.0 Å². The van der Waals surface area contributed by atoms with Crippen molar-refractivity contribution in [1.82, 2.24) is 0 Å². The number of hydrogen-bond acceptors (Lipinski definition) is 3. The normalized spacial score (nSPS) is 10.3. The molecule has 0 unspecified atom stereocenters. The average Bonchev–Trinajstić information content (AvgIpc) is 2.18. The Hall–Kier alpha value is -1.97. The molecule has 1 rings (SSSR count). The second kappa shape index (κ2) is 5.05. The third-order valence-corrected chi connectivity index (χ3v) is 1.82. The van der Waals surface area contributed by atoms with E-state index in [2.05, 4.69) is 5.32 Å². The van der Waals surface area contributed by atoms with Crippen LogP contribution in [0.5, 0.6) is 5.75 Å². The van der Waals surface area contributed by atoms with Gasteiger partial charge in [0.25, 0.3) is 0 Å². The highest BCUT2D eigenvalue weighted by molar-refractivity contribution is 5.99. The van der Waals surface area contributed by atoms with E-state index in [1.807, 2.05) is 0 Å². The summed E-state index contributed by atoms with van der Waals surface area (Å²) in [6, 6.07) is 5.09. The Kier molecular flexibility index (Phi) is 3.74. The fraction of sp³-hybridized carbons (Fsp3) is 0.182. The van der Waals surface area contributed by atoms with E-state index >= 15 is 0 Å². The summed E-state index contributed by atoms with van der Waals surface area (Å²) in [5.74, 6) is 0.418. The first-order valence-corrected chi connectivity index (χ1v) is 4.54. The van der Waals surface area contributed by atoms with Crippen LogP contribution in [0.15, 0.2) is 30.4 Å². The number of allylic oxidation sites excluding steroid dienone is 1. The highest BCUT2D eigenvalue weighted by Crippen LogP contribution is 2.24. The number of benzene rings is 1. The number of nitrogens with two attached hydrogens (primary N) is 1. The fourth-order valence-corrected chi connectivity index (χ4v) is 1.15. The van der Waals surface area contributed by atoms with E-state index in [-0.39, 0.29) is 5.91 Å². The minimum Gasteiger partial charge on any atom is -0.495 e. The minimum absolute atomic E-state index is 0.179. The third-order valence-electron chi connectivity index (χ3n) is 1.82. The first-order valence-electron chi connectivity index (χ1n) is 4.54. The summed E-state index contributed by atoms with van der Waals surface area (Å²) in [7, 11) is 1.55. The summed E-state index contributed by atoms with van der Waals surface area (Å²) in [4.78, 5) is 11.2. The van der Waals surface area contributed by atoms with Gasteiger partial charge in [-0.25, -0.2) is 0 Å². The average molecular weight is 206 g/mol. The van der Waals surface area contributed by atoms with Gasteiger partial charge in [0, 0.05) is 5.69 Å². The molecule has 0 bridgehead atoms. The van der Waals surface area contributed by atoms with Crippen molar-refractivity contribution >= 4 is 17.3 Å². The van der Waals surface area contributed by atoms with Gasteiger partial charge in [-0.1, -0.05) is 6.08 Å². The Bertz CT molecular complexity index is 386. The van der Waals surface area contributed by atoms with Gasteiger partial charge in [-0.05, 0) is 31.2 Å². The monoisotopic (exact) mass is 206 g/mol. The van der Waals surface area contributed by atoms with E-state index in [1.165, 1.54) is 6.08 Å². The van der Waals surface area contributed by atoms with Crippen molar-refractivity contribution in [3.05, 3.63) is 30.4 Å². The van der Waals surface area contributed by atoms with Crippen molar-refractivity contribution in [1.29, 1.82) is 0 Å². The molecule has 0 aromatic heterocycles. The number of nitrogen functional groups attached to an aromatic ring is 1. The SMILES string of the molecule is CC=CC(=O)Nc1ccc(OC)c(N)c1. The maximum Gasteiger partial charge on any atom is 0.248 e. The second-order valence-corrected chi connectivity index (χ2v) is 2.95. The molecular weight excluding hydrogens is 192 g/mol. The molecule has 15 heavy (non-hydrogen) atoms. The summed E-state index contributed by atoms with van der Waals surface area (Å²) in [6.07, 6.45) is 3.11. The molecule has 3 N–H and O–H groups in total. The molecule has 4 heteroatoms. The Morgan fingerprint density at radius 1 is 1.53 bits per heavy atom. The van der Waals surface area contributed by atoms with Crippen molar-refractivity contribution < 1.29 is 9.53 Å². The Morgan fingerprint density at radius 2 is 2.27 bits per heavy atom. The van der Waals surface area contributed by atoms with Crippen molar-refractivity contribution in [2.75, 3.05) is 18.2 Å². The summed E-state index contributed by atoms with van der Waals surface area (Å²) in [5, 5.41) is 2.67. The van der Waals surface area contributed by atoms with Gasteiger partial charge in [0.15, 0.2) is 0 Å². The van der Waals surface area contributed by atoms with E-state index in [0.29, 0.717) is 17.1 Å². The Labute approximate surface area is 88.7 Å². The first-order chi connectivity index (χ1) is 7.17. The van der Waals surface area contributed by atoms with Crippen LogP contribution >= 0.6 is 0 Å². The zero-order valence-corrected chi connectivity index (χ0v) is 8.78. The molecule has 4 nitrogen and oxygen atoms in total. The molecule has 1 amide bonds. The predicted molar refractivity (Wildman–Crippen MR) is 60.9 cm³/mol. The van der Waals surface area contributed by atoms with Gasteiger partial charge in [-0.2, -0.15) is 0 Å². The van der Waals surface area contributed by atoms with Crippen LogP contribution in [0.3, 0.4) is 0 Å². The molecule has 0 radical (unpaired) electrons. The number of rotatable bonds is 3. The standard InChI is InChI=1S/C11H14N2O2/c1-3-4-11(14)13-8-5-6-10(15-2)9(12)7-8/h3-7H,12H2,1-2H3,(H,13,14). The zero-order valence-electron chi connectivity index (χ0n) is 8.78. The Morgan fingerprint density at radius 3 is 2.80 bits per heavy atom. The molecule has 0 fully saturated rings. The van der Waals surface area contributed by atoms with E-state index < -0.39 is 0 Å². The zero-order chi connectivity index (χ0) is 11.3. The van der Waals surface area contributed by atoms with Crippen LogP contribution in [0.4, 0.5) is 11.4 Å². The van der Waals surface area contributed by atoms with E-state index in [1.54, 1.807) is 38.3 Å². The van der Waals surface area contributed by atoms with Gasteiger partial charge < -0.3 is 15.8 Å². The topological polar surface area (TPSA) is 64.3 Å². The maximum absolute atomic E-state index is 11.2. The van der Waals surface area contributed by atoms with Crippen LogP contribution in [0.1, 0.15) is 6.92 Å². The van der Waals surface area contributed by atoms with Gasteiger partial charge >= 0.3 is 0 Å². The van der Waals surface area contributed by atoms with Crippen molar-refractivity contribution in [3.8, 4) is 5.75 Å². The van der Waals surface area contributed by atoms with Crippen molar-refractivity contribution in [2.24, 2.45) is 0 Å². The van der Waals surface area contributed by atoms with E-state index in [9.17, 15) is 4.79 Å². The smallest absolute Gasteiger partial charge is 0.248 e. The first kappa shape index (κ1) is 11.1. The van der Waals surface area contributed by atoms with E-state index in [0.717, 1.165) is 0 Å². The van der Waals surface area contributed by atoms with Gasteiger partial charge in [0.05, 0.1) is 12.8 Å². The quantitative estimate of drug-likeness (QED) is 0.585. The summed E-state index contributed by atoms with van der Waals surface area (Å²) in [5.41, 5.74) is 6.83.